The number of nitrogens with zero attached hydrogens (tertiary/aromatic N) is 1. The third-order valence-electron chi connectivity index (χ3n) is 4.15. The average molecular weight is 328 g/mol. The van der Waals surface area contributed by atoms with Crippen LogP contribution in [0.1, 0.15) is 51.2 Å². The zero-order valence-corrected chi connectivity index (χ0v) is 13.1. The molecule has 2 rings (SSSR count). The Morgan fingerprint density at radius 2 is 2.00 bits per heavy atom. The number of rotatable bonds is 2. The minimum atomic E-state index is -0.666. The van der Waals surface area contributed by atoms with Crippen LogP contribution in [-0.4, -0.2) is 5.11 Å². The lowest BCUT2D eigenvalue weighted by atomic mass is 9.63. The maximum absolute atomic E-state index is 10.5. The first-order valence-corrected chi connectivity index (χ1v) is 7.89. The van der Waals surface area contributed by atoms with E-state index in [4.69, 9.17) is 0 Å². The number of nitriles is 1. The van der Waals surface area contributed by atoms with Crippen LogP contribution in [0, 0.1) is 22.2 Å². The van der Waals surface area contributed by atoms with Crippen LogP contribution >= 0.6 is 27.3 Å². The first-order chi connectivity index (χ1) is 8.38. The Morgan fingerprint density at radius 3 is 2.44 bits per heavy atom. The monoisotopic (exact) mass is 327 g/mol. The highest BCUT2D eigenvalue weighted by Gasteiger charge is 2.44. The van der Waals surface area contributed by atoms with Crippen molar-refractivity contribution in [2.45, 2.75) is 45.6 Å². The van der Waals surface area contributed by atoms with E-state index >= 15 is 0 Å². The molecule has 0 saturated heterocycles. The molecule has 4 heteroatoms. The number of hydrogen-bond donors (Lipinski definition) is 1. The predicted molar refractivity (Wildman–Crippen MR) is 77.3 cm³/mol. The van der Waals surface area contributed by atoms with Crippen molar-refractivity contribution in [1.82, 2.24) is 0 Å². The van der Waals surface area contributed by atoms with E-state index in [-0.39, 0.29) is 0 Å². The number of aliphatic hydroxyl groups excluding tert-OH is 1. The second kappa shape index (κ2) is 4.96. The molecule has 1 aliphatic carbocycles. The lowest BCUT2D eigenvalue weighted by Crippen LogP contribution is -2.35. The van der Waals surface area contributed by atoms with Gasteiger partial charge in [-0.3, -0.25) is 0 Å². The highest BCUT2D eigenvalue weighted by molar-refractivity contribution is 9.11. The lowest BCUT2D eigenvalue weighted by molar-refractivity contribution is 0.00979. The van der Waals surface area contributed by atoms with Gasteiger partial charge < -0.3 is 5.11 Å². The molecule has 0 amide bonds. The zero-order valence-electron chi connectivity index (χ0n) is 10.7. The quantitative estimate of drug-likeness (QED) is 0.858. The number of hydrogen-bond acceptors (Lipinski definition) is 3. The van der Waals surface area contributed by atoms with Crippen LogP contribution in [0.4, 0.5) is 0 Å². The van der Waals surface area contributed by atoms with Gasteiger partial charge in [-0.1, -0.05) is 13.8 Å². The molecule has 1 aliphatic rings. The standard InChI is InChI=1S/C14H18BrNOS/c1-13(2)3-5-14(9-16,6-4-13)12(17)10-7-11(15)18-8-10/h7-8,12,17H,3-6H2,1-2H3. The van der Waals surface area contributed by atoms with E-state index in [1.807, 2.05) is 11.4 Å². The molecule has 1 aromatic rings. The summed E-state index contributed by atoms with van der Waals surface area (Å²) in [6, 6.07) is 4.33. The van der Waals surface area contributed by atoms with Crippen molar-refractivity contribution < 1.29 is 5.11 Å². The summed E-state index contributed by atoms with van der Waals surface area (Å²) in [4.78, 5) is 0. The van der Waals surface area contributed by atoms with Gasteiger partial charge in [0.1, 0.15) is 0 Å². The molecule has 2 nitrogen and oxygen atoms in total. The molecule has 1 N–H and O–H groups in total. The third-order valence-corrected chi connectivity index (χ3v) is 5.67. The van der Waals surface area contributed by atoms with Gasteiger partial charge in [-0.25, -0.2) is 0 Å². The Morgan fingerprint density at radius 1 is 1.39 bits per heavy atom. The van der Waals surface area contributed by atoms with Gasteiger partial charge in [0.2, 0.25) is 0 Å². The van der Waals surface area contributed by atoms with E-state index in [2.05, 4.69) is 35.8 Å². The SMILES string of the molecule is CC1(C)CCC(C#N)(C(O)c2csc(Br)c2)CC1. The summed E-state index contributed by atoms with van der Waals surface area (Å²) in [7, 11) is 0. The summed E-state index contributed by atoms with van der Waals surface area (Å²) in [5.74, 6) is 0. The van der Waals surface area contributed by atoms with Gasteiger partial charge in [-0.15, -0.1) is 11.3 Å². The lowest BCUT2D eigenvalue weighted by Gasteiger charge is -2.41. The number of thiophene rings is 1. The summed E-state index contributed by atoms with van der Waals surface area (Å²) in [5, 5.41) is 22.0. The molecule has 1 unspecified atom stereocenters. The zero-order chi connectivity index (χ0) is 13.4. The molecule has 98 valence electrons. The number of halogens is 1. The third kappa shape index (κ3) is 2.64. The minimum absolute atomic E-state index is 0.301. The molecule has 0 bridgehead atoms. The van der Waals surface area contributed by atoms with E-state index in [1.54, 1.807) is 11.3 Å². The van der Waals surface area contributed by atoms with Gasteiger partial charge >= 0.3 is 0 Å². The maximum atomic E-state index is 10.5. The summed E-state index contributed by atoms with van der Waals surface area (Å²) < 4.78 is 1.00. The second-order valence-corrected chi connectivity index (χ2v) is 8.31. The second-order valence-electron chi connectivity index (χ2n) is 6.02. The molecule has 1 aromatic heterocycles. The Hall–Kier alpha value is -0.370. The minimum Gasteiger partial charge on any atom is -0.387 e. The summed E-state index contributed by atoms with van der Waals surface area (Å²) in [6.07, 6.45) is 2.91. The van der Waals surface area contributed by atoms with Gasteiger partial charge in [-0.2, -0.15) is 5.26 Å². The topological polar surface area (TPSA) is 44.0 Å². The van der Waals surface area contributed by atoms with E-state index in [9.17, 15) is 10.4 Å². The first kappa shape index (κ1) is 14.0. The summed E-state index contributed by atoms with van der Waals surface area (Å²) >= 11 is 4.96. The van der Waals surface area contributed by atoms with Crippen molar-refractivity contribution in [2.75, 3.05) is 0 Å². The van der Waals surface area contributed by atoms with Crippen molar-refractivity contribution >= 4 is 27.3 Å². The van der Waals surface area contributed by atoms with Gasteiger partial charge in [0.05, 0.1) is 21.4 Å². The molecule has 0 spiro atoms. The van der Waals surface area contributed by atoms with Crippen LogP contribution < -0.4 is 0 Å². The van der Waals surface area contributed by atoms with E-state index in [0.29, 0.717) is 5.41 Å². The summed E-state index contributed by atoms with van der Waals surface area (Å²) in [5.41, 5.74) is 0.568. The molecule has 0 aliphatic heterocycles. The molecule has 0 radical (unpaired) electrons. The van der Waals surface area contributed by atoms with Crippen molar-refractivity contribution in [3.05, 3.63) is 20.8 Å². The van der Waals surface area contributed by atoms with Crippen molar-refractivity contribution in [3.8, 4) is 6.07 Å². The van der Waals surface area contributed by atoms with Crippen molar-refractivity contribution in [1.29, 1.82) is 5.26 Å². The average Bonchev–Trinajstić information content (AvgIpc) is 2.76. The first-order valence-electron chi connectivity index (χ1n) is 6.22. The largest absolute Gasteiger partial charge is 0.387 e. The van der Waals surface area contributed by atoms with E-state index in [1.165, 1.54) is 0 Å². The fourth-order valence-electron chi connectivity index (χ4n) is 2.61. The van der Waals surface area contributed by atoms with Crippen LogP contribution in [0.3, 0.4) is 0 Å². The van der Waals surface area contributed by atoms with Gasteiger partial charge in [0, 0.05) is 0 Å². The highest BCUT2D eigenvalue weighted by atomic mass is 79.9. The Labute approximate surface area is 121 Å². The van der Waals surface area contributed by atoms with Gasteiger partial charge in [0.25, 0.3) is 0 Å². The van der Waals surface area contributed by atoms with Crippen LogP contribution in [-0.2, 0) is 0 Å². The molecule has 1 atom stereocenters. The Bertz CT molecular complexity index is 464. The smallest absolute Gasteiger partial charge is 0.0984 e. The molecule has 1 heterocycles. The highest BCUT2D eigenvalue weighted by Crippen LogP contribution is 2.51. The van der Waals surface area contributed by atoms with Crippen LogP contribution in [0.25, 0.3) is 0 Å². The van der Waals surface area contributed by atoms with Crippen molar-refractivity contribution in [2.24, 2.45) is 10.8 Å². The fraction of sp³-hybridized carbons (Fsp3) is 0.643. The molecule has 1 fully saturated rings. The van der Waals surface area contributed by atoms with Gasteiger partial charge in [0.15, 0.2) is 0 Å². The van der Waals surface area contributed by atoms with Crippen LogP contribution in [0.2, 0.25) is 0 Å². The Balaban J connectivity index is 2.22. The fourth-order valence-corrected chi connectivity index (χ4v) is 3.80. The van der Waals surface area contributed by atoms with Crippen LogP contribution in [0.15, 0.2) is 15.2 Å². The van der Waals surface area contributed by atoms with E-state index < -0.39 is 11.5 Å². The molecular weight excluding hydrogens is 310 g/mol. The van der Waals surface area contributed by atoms with E-state index in [0.717, 1.165) is 35.0 Å². The van der Waals surface area contributed by atoms with Gasteiger partial charge in [-0.05, 0) is 64.0 Å². The molecule has 18 heavy (non-hydrogen) atoms. The Kier molecular flexibility index (Phi) is 3.87. The predicted octanol–water partition coefficient (Wildman–Crippen LogP) is 4.65. The molecular formula is C14H18BrNOS. The normalized spacial score (nSPS) is 23.3. The number of aliphatic hydroxyl groups is 1. The molecule has 1 saturated carbocycles. The summed E-state index contributed by atoms with van der Waals surface area (Å²) in [6.45, 7) is 4.48. The molecule has 0 aromatic carbocycles. The maximum Gasteiger partial charge on any atom is 0.0984 e. The van der Waals surface area contributed by atoms with Crippen LogP contribution in [0.5, 0.6) is 0 Å². The van der Waals surface area contributed by atoms with Crippen molar-refractivity contribution in [3.63, 3.8) is 0 Å².